The lowest BCUT2D eigenvalue weighted by molar-refractivity contribution is -0.137. The van der Waals surface area contributed by atoms with E-state index in [1.807, 2.05) is 16.7 Å². The SMILES string of the molecule is NNNN(CCCCCCCCC(=O)O)Cc1cncs1. The zero-order valence-electron chi connectivity index (χ0n) is 12.3. The van der Waals surface area contributed by atoms with Crippen molar-refractivity contribution in [2.45, 2.75) is 51.5 Å². The zero-order chi connectivity index (χ0) is 15.3. The van der Waals surface area contributed by atoms with E-state index in [2.05, 4.69) is 16.1 Å². The number of nitrogens with one attached hydrogen (secondary N) is 2. The Labute approximate surface area is 129 Å². The molecule has 0 bridgehead atoms. The fourth-order valence-electron chi connectivity index (χ4n) is 2.06. The van der Waals surface area contributed by atoms with Gasteiger partial charge in [0.25, 0.3) is 0 Å². The fourth-order valence-corrected chi connectivity index (χ4v) is 2.67. The monoisotopic (exact) mass is 315 g/mol. The minimum absolute atomic E-state index is 0.286. The standard InChI is InChI=1S/C13H25N5O2S/c14-16-17-18(10-12-9-15-11-21-12)8-6-4-2-1-3-5-7-13(19)20/h9,11,16-17H,1-8,10,14H2,(H,19,20). The number of carbonyl (C=O) groups is 1. The van der Waals surface area contributed by atoms with Gasteiger partial charge in [-0.25, -0.2) is 5.01 Å². The van der Waals surface area contributed by atoms with Crippen molar-refractivity contribution >= 4 is 17.3 Å². The zero-order valence-corrected chi connectivity index (χ0v) is 13.1. The summed E-state index contributed by atoms with van der Waals surface area (Å²) in [5.74, 6) is 4.61. The number of nitrogens with zero attached hydrogens (tertiary/aromatic N) is 2. The molecule has 0 unspecified atom stereocenters. The third-order valence-corrected chi connectivity index (χ3v) is 3.89. The van der Waals surface area contributed by atoms with Crippen molar-refractivity contribution in [3.63, 3.8) is 0 Å². The van der Waals surface area contributed by atoms with Crippen LogP contribution in [0.1, 0.15) is 49.8 Å². The smallest absolute Gasteiger partial charge is 0.303 e. The van der Waals surface area contributed by atoms with Gasteiger partial charge < -0.3 is 5.11 Å². The van der Waals surface area contributed by atoms with Crippen LogP contribution in [0.4, 0.5) is 0 Å². The summed E-state index contributed by atoms with van der Waals surface area (Å²) in [6.45, 7) is 1.67. The van der Waals surface area contributed by atoms with Crippen molar-refractivity contribution in [1.29, 1.82) is 0 Å². The van der Waals surface area contributed by atoms with Crippen LogP contribution in [0.2, 0.25) is 0 Å². The summed E-state index contributed by atoms with van der Waals surface area (Å²) in [7, 11) is 0. The molecule has 0 aliphatic rings. The number of hydrazine groups is 3. The average molecular weight is 315 g/mol. The highest BCUT2D eigenvalue weighted by molar-refractivity contribution is 7.09. The quantitative estimate of drug-likeness (QED) is 0.249. The van der Waals surface area contributed by atoms with Gasteiger partial charge in [-0.3, -0.25) is 15.6 Å². The second-order valence-corrected chi connectivity index (χ2v) is 5.88. The van der Waals surface area contributed by atoms with E-state index in [1.54, 1.807) is 11.3 Å². The van der Waals surface area contributed by atoms with Gasteiger partial charge in [0.15, 0.2) is 0 Å². The van der Waals surface area contributed by atoms with Gasteiger partial charge in [0.2, 0.25) is 0 Å². The molecular weight excluding hydrogens is 290 g/mol. The summed E-state index contributed by atoms with van der Waals surface area (Å²) in [4.78, 5) is 15.6. The van der Waals surface area contributed by atoms with E-state index < -0.39 is 5.97 Å². The molecule has 1 aromatic rings. The third kappa shape index (κ3) is 9.48. The minimum Gasteiger partial charge on any atom is -0.481 e. The van der Waals surface area contributed by atoms with Crippen LogP contribution in [-0.4, -0.2) is 27.6 Å². The van der Waals surface area contributed by atoms with Gasteiger partial charge in [0, 0.05) is 24.0 Å². The second-order valence-electron chi connectivity index (χ2n) is 4.91. The van der Waals surface area contributed by atoms with Crippen LogP contribution in [-0.2, 0) is 11.3 Å². The molecule has 0 radical (unpaired) electrons. The number of thiazole rings is 1. The molecule has 5 N–H and O–H groups in total. The first-order valence-electron chi connectivity index (χ1n) is 7.27. The molecule has 0 fully saturated rings. The van der Waals surface area contributed by atoms with Crippen LogP contribution in [0.5, 0.6) is 0 Å². The van der Waals surface area contributed by atoms with Crippen molar-refractivity contribution < 1.29 is 9.90 Å². The maximum absolute atomic E-state index is 10.4. The summed E-state index contributed by atoms with van der Waals surface area (Å²) in [6.07, 6.45) is 8.39. The fraction of sp³-hybridized carbons (Fsp3) is 0.692. The summed E-state index contributed by atoms with van der Waals surface area (Å²) in [5, 5.41) is 10.6. The van der Waals surface area contributed by atoms with Gasteiger partial charge in [-0.1, -0.05) is 25.7 Å². The molecule has 1 aromatic heterocycles. The Morgan fingerprint density at radius 2 is 2.00 bits per heavy atom. The second kappa shape index (κ2) is 11.6. The number of unbranched alkanes of at least 4 members (excludes halogenated alkanes) is 5. The molecule has 0 saturated heterocycles. The van der Waals surface area contributed by atoms with E-state index in [9.17, 15) is 4.79 Å². The molecule has 0 amide bonds. The molecule has 1 heterocycles. The number of aromatic nitrogens is 1. The maximum Gasteiger partial charge on any atom is 0.303 e. The molecule has 7 nitrogen and oxygen atoms in total. The predicted octanol–water partition coefficient (Wildman–Crippen LogP) is 1.64. The van der Waals surface area contributed by atoms with Gasteiger partial charge >= 0.3 is 5.97 Å². The van der Waals surface area contributed by atoms with Crippen LogP contribution >= 0.6 is 11.3 Å². The van der Waals surface area contributed by atoms with Crippen LogP contribution in [0.15, 0.2) is 11.7 Å². The van der Waals surface area contributed by atoms with Crippen molar-refractivity contribution in [3.8, 4) is 0 Å². The number of aliphatic carboxylic acids is 1. The Morgan fingerprint density at radius 1 is 1.29 bits per heavy atom. The first-order chi connectivity index (χ1) is 10.2. The van der Waals surface area contributed by atoms with E-state index in [4.69, 9.17) is 10.9 Å². The highest BCUT2D eigenvalue weighted by atomic mass is 32.1. The van der Waals surface area contributed by atoms with Crippen molar-refractivity contribution in [1.82, 2.24) is 21.1 Å². The van der Waals surface area contributed by atoms with Gasteiger partial charge in [0.1, 0.15) is 0 Å². The van der Waals surface area contributed by atoms with E-state index >= 15 is 0 Å². The highest BCUT2D eigenvalue weighted by Crippen LogP contribution is 2.10. The summed E-state index contributed by atoms with van der Waals surface area (Å²) in [6, 6.07) is 0. The molecule has 8 heteroatoms. The van der Waals surface area contributed by atoms with Gasteiger partial charge in [-0.2, -0.15) is 11.1 Å². The van der Waals surface area contributed by atoms with Gasteiger partial charge in [-0.15, -0.1) is 11.3 Å². The first kappa shape index (κ1) is 18.0. The predicted molar refractivity (Wildman–Crippen MR) is 82.9 cm³/mol. The average Bonchev–Trinajstić information content (AvgIpc) is 2.94. The Bertz CT molecular complexity index is 375. The molecule has 21 heavy (non-hydrogen) atoms. The van der Waals surface area contributed by atoms with Crippen molar-refractivity contribution in [3.05, 3.63) is 16.6 Å². The molecule has 0 spiro atoms. The molecule has 0 aliphatic heterocycles. The first-order valence-corrected chi connectivity index (χ1v) is 8.15. The summed E-state index contributed by atoms with van der Waals surface area (Å²) in [5.41, 5.74) is 7.20. The topological polar surface area (TPSA) is 104 Å². The Morgan fingerprint density at radius 3 is 2.62 bits per heavy atom. The number of hydrogen-bond donors (Lipinski definition) is 4. The Hall–Kier alpha value is -1.06. The number of rotatable bonds is 13. The molecular formula is C13H25N5O2S. The number of carboxylic acid groups (broad SMARTS) is 1. The molecule has 120 valence electrons. The molecule has 0 saturated carbocycles. The van der Waals surface area contributed by atoms with Gasteiger partial charge in [-0.05, 0) is 12.8 Å². The molecule has 1 rings (SSSR count). The maximum atomic E-state index is 10.4. The Kier molecular flexibility index (Phi) is 9.92. The number of nitrogens with two attached hydrogens (primary N) is 1. The summed E-state index contributed by atoms with van der Waals surface area (Å²) >= 11 is 1.62. The van der Waals surface area contributed by atoms with Crippen molar-refractivity contribution in [2.24, 2.45) is 5.84 Å². The number of carboxylic acids is 1. The van der Waals surface area contributed by atoms with Crippen LogP contribution in [0.25, 0.3) is 0 Å². The third-order valence-electron chi connectivity index (χ3n) is 3.12. The van der Waals surface area contributed by atoms with E-state index in [0.29, 0.717) is 0 Å². The molecule has 0 aromatic carbocycles. The number of hydrogen-bond acceptors (Lipinski definition) is 7. The van der Waals surface area contributed by atoms with Crippen LogP contribution in [0, 0.1) is 0 Å². The van der Waals surface area contributed by atoms with E-state index in [-0.39, 0.29) is 6.42 Å². The summed E-state index contributed by atoms with van der Waals surface area (Å²) < 4.78 is 0. The largest absolute Gasteiger partial charge is 0.481 e. The lowest BCUT2D eigenvalue weighted by Gasteiger charge is -2.21. The highest BCUT2D eigenvalue weighted by Gasteiger charge is 2.06. The lowest BCUT2D eigenvalue weighted by atomic mass is 10.1. The Balaban J connectivity index is 2.04. The van der Waals surface area contributed by atoms with Crippen molar-refractivity contribution in [2.75, 3.05) is 6.54 Å². The van der Waals surface area contributed by atoms with Gasteiger partial charge in [0.05, 0.1) is 12.1 Å². The van der Waals surface area contributed by atoms with Crippen LogP contribution in [0.3, 0.4) is 0 Å². The minimum atomic E-state index is -0.700. The molecule has 0 aliphatic carbocycles. The lowest BCUT2D eigenvalue weighted by Crippen LogP contribution is -2.50. The van der Waals surface area contributed by atoms with E-state index in [1.165, 1.54) is 4.88 Å². The van der Waals surface area contributed by atoms with Crippen LogP contribution < -0.4 is 16.9 Å². The normalized spacial score (nSPS) is 11.1. The molecule has 0 atom stereocenters. The van der Waals surface area contributed by atoms with E-state index in [0.717, 1.165) is 51.6 Å².